The van der Waals surface area contributed by atoms with Crippen LogP contribution in [0.2, 0.25) is 0 Å². The van der Waals surface area contributed by atoms with Crippen LogP contribution >= 0.6 is 0 Å². The lowest BCUT2D eigenvalue weighted by Crippen LogP contribution is -2.25. The molecule has 7 heteroatoms. The Kier molecular flexibility index (Phi) is 3.40. The van der Waals surface area contributed by atoms with Crippen molar-refractivity contribution in [1.82, 2.24) is 9.88 Å². The molecule has 1 aromatic heterocycles. The molecule has 2 aromatic rings. The minimum atomic E-state index is -0.602. The van der Waals surface area contributed by atoms with Crippen LogP contribution in [0.25, 0.3) is 5.69 Å². The summed E-state index contributed by atoms with van der Waals surface area (Å²) in [4.78, 5) is 36.1. The molecular weight excluding hydrogens is 296 g/mol. The maximum absolute atomic E-state index is 12.5. The second-order valence-electron chi connectivity index (χ2n) is 5.59. The minimum absolute atomic E-state index is 0.0167. The molecule has 1 aromatic carbocycles. The third-order valence-corrected chi connectivity index (χ3v) is 3.54. The molecule has 0 spiro atoms. The Morgan fingerprint density at radius 3 is 2.52 bits per heavy atom. The first kappa shape index (κ1) is 14.8. The molecule has 0 radical (unpaired) electrons. The van der Waals surface area contributed by atoms with E-state index in [9.17, 15) is 14.4 Å². The summed E-state index contributed by atoms with van der Waals surface area (Å²) in [5.74, 6) is -1.24. The van der Waals surface area contributed by atoms with Crippen LogP contribution in [0.4, 0.5) is 11.5 Å². The number of anilines is 2. The zero-order chi connectivity index (χ0) is 16.7. The molecule has 2 amide bonds. The number of benzene rings is 1. The minimum Gasteiger partial charge on any atom is -0.384 e. The quantitative estimate of drug-likeness (QED) is 0.736. The molecular formula is C16H16N4O3. The average molecular weight is 312 g/mol. The van der Waals surface area contributed by atoms with Gasteiger partial charge in [0.25, 0.3) is 17.4 Å². The van der Waals surface area contributed by atoms with Gasteiger partial charge in [0.2, 0.25) is 0 Å². The van der Waals surface area contributed by atoms with Crippen molar-refractivity contribution in [3.63, 3.8) is 0 Å². The number of rotatable bonds is 3. The van der Waals surface area contributed by atoms with E-state index in [1.165, 1.54) is 4.57 Å². The molecule has 7 nitrogen and oxygen atoms in total. The molecule has 1 aliphatic rings. The topological polar surface area (TPSA) is 106 Å². The molecule has 0 aliphatic carbocycles. The van der Waals surface area contributed by atoms with E-state index in [-0.39, 0.29) is 23.0 Å². The number of nitrogens with two attached hydrogens (primary N) is 1. The van der Waals surface area contributed by atoms with Crippen molar-refractivity contribution in [2.24, 2.45) is 0 Å². The van der Waals surface area contributed by atoms with Crippen LogP contribution < -0.4 is 21.9 Å². The fourth-order valence-electron chi connectivity index (χ4n) is 2.63. The second kappa shape index (κ2) is 5.28. The Balaban J connectivity index is 2.28. The van der Waals surface area contributed by atoms with E-state index >= 15 is 0 Å². The summed E-state index contributed by atoms with van der Waals surface area (Å²) in [6, 6.07) is 8.43. The van der Waals surface area contributed by atoms with Gasteiger partial charge in [-0.2, -0.15) is 0 Å². The summed E-state index contributed by atoms with van der Waals surface area (Å²) in [5.41, 5.74) is 6.86. The zero-order valence-corrected chi connectivity index (χ0v) is 12.7. The fraction of sp³-hybridized carbons (Fsp3) is 0.188. The maximum atomic E-state index is 12.5. The van der Waals surface area contributed by atoms with Crippen LogP contribution in [0.3, 0.4) is 0 Å². The van der Waals surface area contributed by atoms with Crippen LogP contribution in [0.5, 0.6) is 0 Å². The van der Waals surface area contributed by atoms with Gasteiger partial charge in [-0.1, -0.05) is 12.1 Å². The van der Waals surface area contributed by atoms with Gasteiger partial charge >= 0.3 is 0 Å². The van der Waals surface area contributed by atoms with Gasteiger partial charge in [0.1, 0.15) is 5.82 Å². The molecule has 0 bridgehead atoms. The van der Waals surface area contributed by atoms with Gasteiger partial charge in [-0.25, -0.2) is 0 Å². The van der Waals surface area contributed by atoms with Crippen molar-refractivity contribution in [2.45, 2.75) is 19.9 Å². The van der Waals surface area contributed by atoms with Crippen molar-refractivity contribution < 1.29 is 9.59 Å². The number of carbonyl (C=O) groups excluding carboxylic acids is 2. The van der Waals surface area contributed by atoms with Crippen LogP contribution in [0.15, 0.2) is 35.1 Å². The van der Waals surface area contributed by atoms with Crippen molar-refractivity contribution >= 4 is 23.3 Å². The number of nitrogens with one attached hydrogen (secondary N) is 2. The standard InChI is InChI=1S/C16H16N4O3/c1-8(2)18-10-5-3-4-6-11(10)20-12(21)7-9-13(14(20)17)16(23)19-15(9)22/h3-8,18H,17H2,1-2H3,(H,19,22,23). The Hall–Kier alpha value is -3.09. The number of nitrogens with zero attached hydrogens (tertiary/aromatic N) is 1. The second-order valence-corrected chi connectivity index (χ2v) is 5.59. The van der Waals surface area contributed by atoms with Crippen molar-refractivity contribution in [3.8, 4) is 5.69 Å². The van der Waals surface area contributed by atoms with Crippen LogP contribution in [-0.4, -0.2) is 22.4 Å². The molecule has 4 N–H and O–H groups in total. The Morgan fingerprint density at radius 2 is 1.83 bits per heavy atom. The van der Waals surface area contributed by atoms with E-state index in [2.05, 4.69) is 10.6 Å². The SMILES string of the molecule is CC(C)Nc1ccccc1-n1c(N)c2c(cc1=O)C(=O)NC2=O. The average Bonchev–Trinajstić information content (AvgIpc) is 2.75. The van der Waals surface area contributed by atoms with Gasteiger partial charge in [-0.05, 0) is 26.0 Å². The normalized spacial score (nSPS) is 13.2. The van der Waals surface area contributed by atoms with Gasteiger partial charge in [-0.15, -0.1) is 0 Å². The van der Waals surface area contributed by atoms with Crippen molar-refractivity contribution in [1.29, 1.82) is 0 Å². The van der Waals surface area contributed by atoms with Crippen LogP contribution in [0, 0.1) is 0 Å². The molecule has 0 unspecified atom stereocenters. The summed E-state index contributed by atoms with van der Waals surface area (Å²) < 4.78 is 1.24. The van der Waals surface area contributed by atoms with E-state index in [1.807, 2.05) is 26.0 Å². The van der Waals surface area contributed by atoms with E-state index in [0.29, 0.717) is 11.4 Å². The van der Waals surface area contributed by atoms with Crippen molar-refractivity contribution in [2.75, 3.05) is 11.1 Å². The van der Waals surface area contributed by atoms with Crippen LogP contribution in [-0.2, 0) is 0 Å². The highest BCUT2D eigenvalue weighted by atomic mass is 16.2. The van der Waals surface area contributed by atoms with Gasteiger partial charge < -0.3 is 11.1 Å². The highest BCUT2D eigenvalue weighted by Gasteiger charge is 2.32. The largest absolute Gasteiger partial charge is 0.384 e. The lowest BCUT2D eigenvalue weighted by atomic mass is 10.1. The van der Waals surface area contributed by atoms with E-state index in [1.54, 1.807) is 12.1 Å². The fourth-order valence-corrected chi connectivity index (χ4v) is 2.63. The predicted molar refractivity (Wildman–Crippen MR) is 87.0 cm³/mol. The number of imide groups is 1. The molecule has 118 valence electrons. The smallest absolute Gasteiger partial charge is 0.262 e. The first-order valence-electron chi connectivity index (χ1n) is 7.17. The van der Waals surface area contributed by atoms with Gasteiger partial charge in [0, 0.05) is 12.1 Å². The molecule has 0 atom stereocenters. The number of pyridine rings is 1. The number of fused-ring (bicyclic) bond motifs is 1. The van der Waals surface area contributed by atoms with Gasteiger partial charge in [0.15, 0.2) is 0 Å². The lowest BCUT2D eigenvalue weighted by molar-refractivity contribution is 0.0880. The molecule has 0 saturated heterocycles. The number of carbonyl (C=O) groups is 2. The predicted octanol–water partition coefficient (Wildman–Crippen LogP) is 1.12. The zero-order valence-electron chi connectivity index (χ0n) is 12.7. The number of hydrogen-bond acceptors (Lipinski definition) is 5. The third kappa shape index (κ3) is 2.36. The Morgan fingerprint density at radius 1 is 1.13 bits per heavy atom. The highest BCUT2D eigenvalue weighted by Crippen LogP contribution is 2.26. The van der Waals surface area contributed by atoms with E-state index in [0.717, 1.165) is 6.07 Å². The van der Waals surface area contributed by atoms with E-state index in [4.69, 9.17) is 5.73 Å². The summed E-state index contributed by atoms with van der Waals surface area (Å²) in [6.07, 6.45) is 0. The molecule has 1 aliphatic heterocycles. The molecule has 2 heterocycles. The first-order chi connectivity index (χ1) is 10.9. The molecule has 23 heavy (non-hydrogen) atoms. The number of amides is 2. The number of aromatic nitrogens is 1. The summed E-state index contributed by atoms with van der Waals surface area (Å²) in [6.45, 7) is 3.94. The monoisotopic (exact) mass is 312 g/mol. The molecule has 3 rings (SSSR count). The van der Waals surface area contributed by atoms with Crippen LogP contribution in [0.1, 0.15) is 34.6 Å². The summed E-state index contributed by atoms with van der Waals surface area (Å²) in [5, 5.41) is 5.38. The van der Waals surface area contributed by atoms with Gasteiger partial charge in [0.05, 0.1) is 22.5 Å². The highest BCUT2D eigenvalue weighted by molar-refractivity contribution is 6.23. The summed E-state index contributed by atoms with van der Waals surface area (Å²) >= 11 is 0. The molecule has 0 saturated carbocycles. The maximum Gasteiger partial charge on any atom is 0.262 e. The third-order valence-electron chi connectivity index (χ3n) is 3.54. The van der Waals surface area contributed by atoms with Gasteiger partial charge in [-0.3, -0.25) is 24.3 Å². The Bertz CT molecular complexity index is 883. The lowest BCUT2D eigenvalue weighted by Gasteiger charge is -2.18. The number of nitrogen functional groups attached to an aromatic ring is 1. The van der Waals surface area contributed by atoms with E-state index < -0.39 is 17.4 Å². The number of para-hydroxylation sites is 2. The molecule has 0 fully saturated rings. The Labute approximate surface area is 132 Å². The first-order valence-corrected chi connectivity index (χ1v) is 7.17. The number of hydrogen-bond donors (Lipinski definition) is 3. The van der Waals surface area contributed by atoms with Crippen molar-refractivity contribution in [3.05, 3.63) is 51.8 Å². The summed E-state index contributed by atoms with van der Waals surface area (Å²) in [7, 11) is 0.